The van der Waals surface area contributed by atoms with Crippen molar-refractivity contribution in [2.24, 2.45) is 5.73 Å². The van der Waals surface area contributed by atoms with Crippen LogP contribution in [-0.2, 0) is 5.41 Å². The number of hydrogen-bond acceptors (Lipinski definition) is 2. The van der Waals surface area contributed by atoms with Gasteiger partial charge in [-0.3, -0.25) is 0 Å². The van der Waals surface area contributed by atoms with Gasteiger partial charge in [-0.05, 0) is 35.0 Å². The van der Waals surface area contributed by atoms with Gasteiger partial charge in [0.25, 0.3) is 0 Å². The first-order chi connectivity index (χ1) is 8.88. The van der Waals surface area contributed by atoms with Gasteiger partial charge in [0, 0.05) is 12.0 Å². The lowest BCUT2D eigenvalue weighted by molar-refractivity contribution is 0.511. The Hall–Kier alpha value is -1.20. The molecule has 0 aliphatic carbocycles. The van der Waals surface area contributed by atoms with Gasteiger partial charge in [-0.2, -0.15) is 5.10 Å². The first kappa shape index (κ1) is 14.2. The number of nitrogens with two attached hydrogens (primary N) is 1. The van der Waals surface area contributed by atoms with Crippen molar-refractivity contribution in [1.29, 1.82) is 0 Å². The van der Waals surface area contributed by atoms with Crippen LogP contribution in [0.5, 0.6) is 0 Å². The van der Waals surface area contributed by atoms with Crippen LogP contribution in [0.25, 0.3) is 5.69 Å². The molecule has 102 valence electrons. The minimum absolute atomic E-state index is 0.264. The van der Waals surface area contributed by atoms with Crippen LogP contribution in [-0.4, -0.2) is 16.3 Å². The van der Waals surface area contributed by atoms with E-state index >= 15 is 0 Å². The van der Waals surface area contributed by atoms with Crippen molar-refractivity contribution in [1.82, 2.24) is 9.78 Å². The topological polar surface area (TPSA) is 43.8 Å². The minimum Gasteiger partial charge on any atom is -0.330 e. The summed E-state index contributed by atoms with van der Waals surface area (Å²) < 4.78 is 16.4. The standard InChI is InChI=1S/C14H17BrFN3/c1-9-12(15)13(14(2,3)8-17)18-19(9)11-7-5-4-6-10(11)16/h4-7H,8,17H2,1-3H3. The summed E-state index contributed by atoms with van der Waals surface area (Å²) >= 11 is 3.54. The number of aromatic nitrogens is 2. The molecule has 19 heavy (non-hydrogen) atoms. The molecule has 2 rings (SSSR count). The number of rotatable bonds is 3. The summed E-state index contributed by atoms with van der Waals surface area (Å²) in [5.74, 6) is -0.294. The van der Waals surface area contributed by atoms with E-state index in [-0.39, 0.29) is 11.2 Å². The predicted molar refractivity (Wildman–Crippen MR) is 78.0 cm³/mol. The summed E-state index contributed by atoms with van der Waals surface area (Å²) in [6, 6.07) is 6.59. The van der Waals surface area contributed by atoms with E-state index in [4.69, 9.17) is 5.73 Å². The van der Waals surface area contributed by atoms with Crippen LogP contribution >= 0.6 is 15.9 Å². The van der Waals surface area contributed by atoms with Crippen LogP contribution in [0.15, 0.2) is 28.7 Å². The molecule has 0 spiro atoms. The van der Waals surface area contributed by atoms with Gasteiger partial charge in [0.1, 0.15) is 11.5 Å². The molecule has 0 aliphatic rings. The van der Waals surface area contributed by atoms with E-state index in [0.717, 1.165) is 15.9 Å². The second-order valence-corrected chi connectivity index (χ2v) is 5.99. The van der Waals surface area contributed by atoms with Crippen molar-refractivity contribution in [2.45, 2.75) is 26.2 Å². The molecule has 0 unspecified atom stereocenters. The van der Waals surface area contributed by atoms with E-state index in [1.807, 2.05) is 20.8 Å². The molecule has 2 N–H and O–H groups in total. The van der Waals surface area contributed by atoms with Crippen LogP contribution in [0.1, 0.15) is 25.2 Å². The highest BCUT2D eigenvalue weighted by Gasteiger charge is 2.27. The minimum atomic E-state index is -0.294. The van der Waals surface area contributed by atoms with Crippen LogP contribution in [0.3, 0.4) is 0 Å². The Morgan fingerprint density at radius 2 is 2.00 bits per heavy atom. The van der Waals surface area contributed by atoms with Crippen LogP contribution < -0.4 is 5.73 Å². The highest BCUT2D eigenvalue weighted by Crippen LogP contribution is 2.32. The Labute approximate surface area is 120 Å². The van der Waals surface area contributed by atoms with Gasteiger partial charge in [-0.25, -0.2) is 9.07 Å². The van der Waals surface area contributed by atoms with E-state index < -0.39 is 0 Å². The summed E-state index contributed by atoms with van der Waals surface area (Å²) in [7, 11) is 0. The third-order valence-corrected chi connectivity index (χ3v) is 4.22. The number of halogens is 2. The number of hydrogen-bond donors (Lipinski definition) is 1. The molecular formula is C14H17BrFN3. The maximum Gasteiger partial charge on any atom is 0.148 e. The van der Waals surface area contributed by atoms with E-state index in [1.54, 1.807) is 22.9 Å². The zero-order chi connectivity index (χ0) is 14.2. The lowest BCUT2D eigenvalue weighted by Crippen LogP contribution is -2.29. The van der Waals surface area contributed by atoms with E-state index in [2.05, 4.69) is 21.0 Å². The highest BCUT2D eigenvalue weighted by molar-refractivity contribution is 9.10. The first-order valence-electron chi connectivity index (χ1n) is 6.09. The molecule has 0 saturated carbocycles. The Bertz CT molecular complexity index is 605. The summed E-state index contributed by atoms with van der Waals surface area (Å²) in [5.41, 5.74) is 7.68. The van der Waals surface area contributed by atoms with Crippen LogP contribution in [0.2, 0.25) is 0 Å². The van der Waals surface area contributed by atoms with E-state index in [9.17, 15) is 4.39 Å². The van der Waals surface area contributed by atoms with Gasteiger partial charge in [-0.15, -0.1) is 0 Å². The fourth-order valence-corrected chi connectivity index (χ4v) is 2.65. The zero-order valence-corrected chi connectivity index (χ0v) is 12.8. The number of para-hydroxylation sites is 1. The van der Waals surface area contributed by atoms with E-state index in [0.29, 0.717) is 12.2 Å². The largest absolute Gasteiger partial charge is 0.330 e. The van der Waals surface area contributed by atoms with Crippen molar-refractivity contribution < 1.29 is 4.39 Å². The first-order valence-corrected chi connectivity index (χ1v) is 6.88. The maximum absolute atomic E-state index is 13.9. The molecule has 5 heteroatoms. The Kier molecular flexibility index (Phi) is 3.78. The van der Waals surface area contributed by atoms with Crippen molar-refractivity contribution >= 4 is 15.9 Å². The summed E-state index contributed by atoms with van der Waals surface area (Å²) in [6.45, 7) is 6.41. The Morgan fingerprint density at radius 3 is 2.58 bits per heavy atom. The fourth-order valence-electron chi connectivity index (χ4n) is 1.87. The lowest BCUT2D eigenvalue weighted by atomic mass is 9.89. The molecule has 0 bridgehead atoms. The lowest BCUT2D eigenvalue weighted by Gasteiger charge is -2.20. The van der Waals surface area contributed by atoms with Gasteiger partial charge in [-0.1, -0.05) is 26.0 Å². The molecule has 1 aromatic carbocycles. The molecule has 1 aromatic heterocycles. The third kappa shape index (κ3) is 2.44. The van der Waals surface area contributed by atoms with Crippen LogP contribution in [0, 0.1) is 12.7 Å². The average Bonchev–Trinajstić information content (AvgIpc) is 2.68. The molecule has 0 amide bonds. The van der Waals surface area contributed by atoms with Gasteiger partial charge in [0.2, 0.25) is 0 Å². The predicted octanol–water partition coefficient (Wildman–Crippen LogP) is 3.32. The van der Waals surface area contributed by atoms with Gasteiger partial charge in [0.05, 0.1) is 15.9 Å². The Balaban J connectivity index is 2.62. The van der Waals surface area contributed by atoms with Gasteiger partial charge in [0.15, 0.2) is 0 Å². The Morgan fingerprint density at radius 1 is 1.37 bits per heavy atom. The molecule has 3 nitrogen and oxygen atoms in total. The van der Waals surface area contributed by atoms with Crippen molar-refractivity contribution in [2.75, 3.05) is 6.54 Å². The molecule has 2 aromatic rings. The molecule has 0 fully saturated rings. The molecule has 0 saturated heterocycles. The summed E-state index contributed by atoms with van der Waals surface area (Å²) in [4.78, 5) is 0. The summed E-state index contributed by atoms with van der Waals surface area (Å²) in [5, 5.41) is 4.53. The van der Waals surface area contributed by atoms with Crippen molar-refractivity contribution in [3.05, 3.63) is 45.9 Å². The molecule has 0 atom stereocenters. The third-order valence-electron chi connectivity index (χ3n) is 3.28. The molecule has 0 aliphatic heterocycles. The second-order valence-electron chi connectivity index (χ2n) is 5.20. The second kappa shape index (κ2) is 5.06. The molecule has 1 heterocycles. The van der Waals surface area contributed by atoms with Gasteiger partial charge < -0.3 is 5.73 Å². The summed E-state index contributed by atoms with van der Waals surface area (Å²) in [6.07, 6.45) is 0. The number of nitrogens with zero attached hydrogens (tertiary/aromatic N) is 2. The quantitative estimate of drug-likeness (QED) is 0.940. The van der Waals surface area contributed by atoms with Crippen molar-refractivity contribution in [3.8, 4) is 5.69 Å². The fraction of sp³-hybridized carbons (Fsp3) is 0.357. The smallest absolute Gasteiger partial charge is 0.148 e. The maximum atomic E-state index is 13.9. The zero-order valence-electron chi connectivity index (χ0n) is 11.2. The normalized spacial score (nSPS) is 11.9. The van der Waals surface area contributed by atoms with Crippen LogP contribution in [0.4, 0.5) is 4.39 Å². The van der Waals surface area contributed by atoms with Gasteiger partial charge >= 0.3 is 0 Å². The van der Waals surface area contributed by atoms with E-state index in [1.165, 1.54) is 6.07 Å². The molecular weight excluding hydrogens is 309 g/mol. The monoisotopic (exact) mass is 325 g/mol. The highest BCUT2D eigenvalue weighted by atomic mass is 79.9. The number of benzene rings is 1. The average molecular weight is 326 g/mol. The van der Waals surface area contributed by atoms with Crippen molar-refractivity contribution in [3.63, 3.8) is 0 Å². The molecule has 0 radical (unpaired) electrons. The SMILES string of the molecule is Cc1c(Br)c(C(C)(C)CN)nn1-c1ccccc1F.